The summed E-state index contributed by atoms with van der Waals surface area (Å²) in [6, 6.07) is 3.53. The first-order valence-corrected chi connectivity index (χ1v) is 16.4. The van der Waals surface area contributed by atoms with E-state index in [0.29, 0.717) is 50.9 Å². The maximum Gasteiger partial charge on any atom is 0.410 e. The molecule has 5 N–H and O–H groups in total. The van der Waals surface area contributed by atoms with Crippen LogP contribution in [0, 0.1) is 5.92 Å². The van der Waals surface area contributed by atoms with Gasteiger partial charge in [-0.25, -0.2) is 14.4 Å². The number of fused-ring (bicyclic) bond motifs is 3. The fourth-order valence-corrected chi connectivity index (χ4v) is 7.01. The Morgan fingerprint density at radius 2 is 1.80 bits per heavy atom. The number of nitrogen functional groups attached to an aromatic ring is 1. The topological polar surface area (TPSA) is 181 Å². The van der Waals surface area contributed by atoms with Crippen LogP contribution in [0.15, 0.2) is 18.2 Å². The van der Waals surface area contributed by atoms with Crippen molar-refractivity contribution < 1.29 is 38.6 Å². The van der Waals surface area contributed by atoms with Gasteiger partial charge in [0.1, 0.15) is 29.3 Å². The molecule has 1 aromatic rings. The summed E-state index contributed by atoms with van der Waals surface area (Å²) >= 11 is 0. The fourth-order valence-electron chi connectivity index (χ4n) is 7.01. The second-order valence-corrected chi connectivity index (χ2v) is 14.1. The number of nitrogens with two attached hydrogens (primary N) is 1. The van der Waals surface area contributed by atoms with Crippen LogP contribution in [-0.2, 0) is 36.8 Å². The quantitative estimate of drug-likeness (QED) is 0.360. The first-order valence-electron chi connectivity index (χ1n) is 16.4. The van der Waals surface area contributed by atoms with Crippen LogP contribution in [0.4, 0.5) is 15.3 Å². The molecule has 2 saturated heterocycles. The molecule has 0 aromatic heterocycles. The van der Waals surface area contributed by atoms with Gasteiger partial charge in [-0.2, -0.15) is 0 Å². The molecule has 5 rings (SSSR count). The number of carboxylic acid groups (broad SMARTS) is 1. The predicted molar refractivity (Wildman–Crippen MR) is 167 cm³/mol. The highest BCUT2D eigenvalue weighted by Gasteiger charge is 2.62. The smallest absolute Gasteiger partial charge is 0.410 e. The Morgan fingerprint density at radius 3 is 2.52 bits per heavy atom. The monoisotopic (exact) mass is 641 g/mol. The normalized spacial score (nSPS) is 28.8. The molecule has 1 aliphatic carbocycles. The zero-order chi connectivity index (χ0) is 33.2. The van der Waals surface area contributed by atoms with Crippen molar-refractivity contribution in [2.24, 2.45) is 5.92 Å². The summed E-state index contributed by atoms with van der Waals surface area (Å²) in [5, 5.41) is 15.6. The molecule has 3 aliphatic heterocycles. The van der Waals surface area contributed by atoms with E-state index in [0.717, 1.165) is 36.8 Å². The van der Waals surface area contributed by atoms with Crippen molar-refractivity contribution in [3.8, 4) is 0 Å². The molecule has 4 amide bonds. The van der Waals surface area contributed by atoms with Gasteiger partial charge in [-0.3, -0.25) is 9.59 Å². The summed E-state index contributed by atoms with van der Waals surface area (Å²) in [6.07, 6.45) is 3.97. The van der Waals surface area contributed by atoms with E-state index in [2.05, 4.69) is 10.6 Å². The number of nitrogens with zero attached hydrogens (tertiary/aromatic N) is 2. The Hall–Kier alpha value is -4.03. The number of hydrogen-bond donors (Lipinski definition) is 4. The summed E-state index contributed by atoms with van der Waals surface area (Å²) < 4.78 is 11.3. The number of amides is 4. The Morgan fingerprint density at radius 1 is 1.09 bits per heavy atom. The van der Waals surface area contributed by atoms with Gasteiger partial charge in [-0.05, 0) is 69.6 Å². The van der Waals surface area contributed by atoms with Crippen LogP contribution in [0.1, 0.15) is 89.7 Å². The number of hydrogen-bond acceptors (Lipinski definition) is 8. The molecule has 3 fully saturated rings. The van der Waals surface area contributed by atoms with E-state index in [1.807, 2.05) is 18.2 Å². The number of aliphatic carboxylic acids is 1. The first-order chi connectivity index (χ1) is 21.8. The standard InChI is InChI=1S/C33H47N5O8/c1-32(2,3)46-30(43)35-25-13-8-6-4-5-7-11-21-17-33(21,29(41)42)36-27(39)26-16-22(19-38(26)28(25)40)45-31(44)37-15-14-23-20(18-37)10-9-12-24(23)34/h9-10,12,21-22,25-26H,4-8,11,13-19,34H2,1-3H3,(H,35,43)(H,36,39)(H,41,42)/t21-,22-,25+,26+,33-/m1/s1. The second kappa shape index (κ2) is 13.4. The molecule has 46 heavy (non-hydrogen) atoms. The van der Waals surface area contributed by atoms with Crippen molar-refractivity contribution >= 4 is 35.7 Å². The highest BCUT2D eigenvalue weighted by Crippen LogP contribution is 2.47. The third kappa shape index (κ3) is 7.50. The molecule has 4 aliphatic rings. The summed E-state index contributed by atoms with van der Waals surface area (Å²) in [6.45, 7) is 5.83. The number of benzene rings is 1. The average Bonchev–Trinajstić information content (AvgIpc) is 3.52. The third-order valence-corrected chi connectivity index (χ3v) is 9.54. The Labute approximate surface area is 269 Å². The lowest BCUT2D eigenvalue weighted by Gasteiger charge is -2.30. The van der Waals surface area contributed by atoms with Crippen molar-refractivity contribution in [3.05, 3.63) is 29.3 Å². The van der Waals surface area contributed by atoms with Crippen molar-refractivity contribution in [2.75, 3.05) is 18.8 Å². The van der Waals surface area contributed by atoms with Crippen molar-refractivity contribution in [1.29, 1.82) is 0 Å². The molecular weight excluding hydrogens is 594 g/mol. The van der Waals surface area contributed by atoms with Crippen molar-refractivity contribution in [2.45, 2.75) is 121 Å². The van der Waals surface area contributed by atoms with E-state index < -0.39 is 59.3 Å². The first kappa shape index (κ1) is 33.3. The van der Waals surface area contributed by atoms with Crippen LogP contribution >= 0.6 is 0 Å². The summed E-state index contributed by atoms with van der Waals surface area (Å²) in [7, 11) is 0. The van der Waals surface area contributed by atoms with Gasteiger partial charge in [0.25, 0.3) is 0 Å². The molecule has 0 bridgehead atoms. The van der Waals surface area contributed by atoms with Gasteiger partial charge in [0.05, 0.1) is 6.54 Å². The highest BCUT2D eigenvalue weighted by molar-refractivity contribution is 5.96. The van der Waals surface area contributed by atoms with Gasteiger partial charge in [-0.1, -0.05) is 44.2 Å². The zero-order valence-electron chi connectivity index (χ0n) is 27.0. The van der Waals surface area contributed by atoms with Gasteiger partial charge < -0.3 is 40.7 Å². The SMILES string of the molecule is CC(C)(C)OC(=O)N[C@H]1CCCCCCC[C@@H]2C[C@@]2(C(=O)O)NC(=O)[C@@H]2C[C@@H](OC(=O)N3CCc4c(N)cccc4C3)CN2C1=O. The number of carbonyl (C=O) groups excluding carboxylic acids is 4. The number of alkyl carbamates (subject to hydrolysis) is 1. The van der Waals surface area contributed by atoms with E-state index in [4.69, 9.17) is 15.2 Å². The van der Waals surface area contributed by atoms with Crippen LogP contribution in [0.5, 0.6) is 0 Å². The highest BCUT2D eigenvalue weighted by atomic mass is 16.6. The number of carbonyl (C=O) groups is 5. The Balaban J connectivity index is 1.36. The number of carboxylic acids is 1. The van der Waals surface area contributed by atoms with E-state index >= 15 is 0 Å². The zero-order valence-corrected chi connectivity index (χ0v) is 27.0. The Bertz CT molecular complexity index is 1360. The minimum absolute atomic E-state index is 0.000210. The molecular formula is C33H47N5O8. The van der Waals surface area contributed by atoms with Crippen LogP contribution in [0.3, 0.4) is 0 Å². The second-order valence-electron chi connectivity index (χ2n) is 14.1. The van der Waals surface area contributed by atoms with Crippen molar-refractivity contribution in [1.82, 2.24) is 20.4 Å². The van der Waals surface area contributed by atoms with Crippen LogP contribution in [0.2, 0.25) is 0 Å². The van der Waals surface area contributed by atoms with E-state index in [1.165, 1.54) is 4.90 Å². The summed E-state index contributed by atoms with van der Waals surface area (Å²) in [5.41, 5.74) is 6.58. The molecule has 13 heteroatoms. The van der Waals surface area contributed by atoms with E-state index in [1.54, 1.807) is 25.7 Å². The van der Waals surface area contributed by atoms with Gasteiger partial charge in [0.2, 0.25) is 11.8 Å². The molecule has 1 saturated carbocycles. The number of anilines is 1. The molecule has 1 aromatic carbocycles. The molecule has 3 heterocycles. The van der Waals surface area contributed by atoms with Crippen LogP contribution in [-0.4, -0.2) is 87.3 Å². The molecule has 0 radical (unpaired) electrons. The van der Waals surface area contributed by atoms with Gasteiger partial charge in [0.15, 0.2) is 0 Å². The lowest BCUT2D eigenvalue weighted by molar-refractivity contribution is -0.146. The lowest BCUT2D eigenvalue weighted by Crippen LogP contribution is -2.56. The fraction of sp³-hybridized carbons (Fsp3) is 0.667. The average molecular weight is 642 g/mol. The molecule has 0 spiro atoms. The van der Waals surface area contributed by atoms with E-state index in [-0.39, 0.29) is 18.9 Å². The minimum Gasteiger partial charge on any atom is -0.479 e. The van der Waals surface area contributed by atoms with E-state index in [9.17, 15) is 29.1 Å². The van der Waals surface area contributed by atoms with Gasteiger partial charge >= 0.3 is 18.2 Å². The maximum atomic E-state index is 14.1. The summed E-state index contributed by atoms with van der Waals surface area (Å²) in [4.78, 5) is 69.3. The number of nitrogens with one attached hydrogen (secondary N) is 2. The van der Waals surface area contributed by atoms with Gasteiger partial charge in [-0.15, -0.1) is 0 Å². The minimum atomic E-state index is -1.38. The van der Waals surface area contributed by atoms with Crippen LogP contribution < -0.4 is 16.4 Å². The van der Waals surface area contributed by atoms with Crippen LogP contribution in [0.25, 0.3) is 0 Å². The molecule has 0 unspecified atom stereocenters. The molecule has 252 valence electrons. The van der Waals surface area contributed by atoms with Gasteiger partial charge in [0, 0.05) is 25.2 Å². The van der Waals surface area contributed by atoms with Crippen molar-refractivity contribution in [3.63, 3.8) is 0 Å². The molecule has 13 nitrogen and oxygen atoms in total. The largest absolute Gasteiger partial charge is 0.479 e. The lowest BCUT2D eigenvalue weighted by atomic mass is 9.98. The Kier molecular flexibility index (Phi) is 9.69. The summed E-state index contributed by atoms with van der Waals surface area (Å²) in [5.74, 6) is -2.39. The predicted octanol–water partition coefficient (Wildman–Crippen LogP) is 3.33. The number of rotatable bonds is 3. The molecule has 5 atom stereocenters. The maximum absolute atomic E-state index is 14.1. The number of ether oxygens (including phenoxy) is 2. The third-order valence-electron chi connectivity index (χ3n) is 9.54.